The molecule has 1 aliphatic rings. The molecule has 0 aromatic heterocycles. The van der Waals surface area contributed by atoms with E-state index in [2.05, 4.69) is 31.2 Å². The first-order valence-corrected chi connectivity index (χ1v) is 6.18. The highest BCUT2D eigenvalue weighted by molar-refractivity contribution is 5.94. The molecule has 2 unspecified atom stereocenters. The number of allylic oxidation sites excluding steroid dienone is 1. The Kier molecular flexibility index (Phi) is 3.75. The van der Waals surface area contributed by atoms with Crippen molar-refractivity contribution in [2.75, 3.05) is 0 Å². The number of rotatable bonds is 4. The van der Waals surface area contributed by atoms with Crippen LogP contribution in [-0.2, 0) is 17.6 Å². The molecule has 2 heteroatoms. The molecule has 0 bridgehead atoms. The van der Waals surface area contributed by atoms with Crippen molar-refractivity contribution >= 4 is 5.78 Å². The summed E-state index contributed by atoms with van der Waals surface area (Å²) >= 11 is 0. The number of ketones is 1. The second kappa shape index (κ2) is 5.28. The van der Waals surface area contributed by atoms with Gasteiger partial charge in [0.15, 0.2) is 5.78 Å². The summed E-state index contributed by atoms with van der Waals surface area (Å²) in [5.41, 5.74) is 2.56. The Balaban J connectivity index is 1.91. The summed E-state index contributed by atoms with van der Waals surface area (Å²) in [5, 5.41) is 9.61. The van der Waals surface area contributed by atoms with Gasteiger partial charge in [-0.3, -0.25) is 4.79 Å². The Morgan fingerprint density at radius 1 is 1.18 bits per heavy atom. The van der Waals surface area contributed by atoms with E-state index in [1.54, 1.807) is 6.08 Å². The van der Waals surface area contributed by atoms with Crippen LogP contribution in [0.3, 0.4) is 0 Å². The quantitative estimate of drug-likeness (QED) is 0.861. The summed E-state index contributed by atoms with van der Waals surface area (Å²) in [6, 6.07) is 8.47. The van der Waals surface area contributed by atoms with E-state index < -0.39 is 6.10 Å². The maximum absolute atomic E-state index is 11.5. The minimum Gasteiger partial charge on any atom is -0.388 e. The fourth-order valence-electron chi connectivity index (χ4n) is 2.20. The van der Waals surface area contributed by atoms with Gasteiger partial charge in [-0.2, -0.15) is 0 Å². The molecule has 0 radical (unpaired) electrons. The van der Waals surface area contributed by atoms with Crippen molar-refractivity contribution in [2.45, 2.75) is 32.3 Å². The second-order valence-electron chi connectivity index (χ2n) is 4.57. The summed E-state index contributed by atoms with van der Waals surface area (Å²) in [6.45, 7) is 2.13. The topological polar surface area (TPSA) is 37.3 Å². The number of hydrogen-bond donors (Lipinski definition) is 1. The number of aliphatic hydroxyl groups excluding tert-OH is 1. The lowest BCUT2D eigenvalue weighted by molar-refractivity contribution is -0.119. The molecule has 2 nitrogen and oxygen atoms in total. The van der Waals surface area contributed by atoms with Crippen LogP contribution in [0.1, 0.15) is 24.5 Å². The van der Waals surface area contributed by atoms with Crippen molar-refractivity contribution < 1.29 is 9.90 Å². The molecule has 0 heterocycles. The average molecular weight is 230 g/mol. The first-order valence-electron chi connectivity index (χ1n) is 6.18. The molecule has 0 saturated heterocycles. The third-order valence-electron chi connectivity index (χ3n) is 3.41. The molecule has 2 atom stereocenters. The molecule has 0 amide bonds. The molecule has 1 N–H and O–H groups in total. The van der Waals surface area contributed by atoms with Gasteiger partial charge in [0.1, 0.15) is 0 Å². The van der Waals surface area contributed by atoms with Crippen LogP contribution in [-0.4, -0.2) is 17.0 Å². The molecule has 1 aromatic carbocycles. The van der Waals surface area contributed by atoms with E-state index >= 15 is 0 Å². The fraction of sp³-hybridized carbons (Fsp3) is 0.400. The number of aliphatic hydroxyl groups is 1. The lowest BCUT2D eigenvalue weighted by Crippen LogP contribution is -2.20. The molecule has 2 rings (SSSR count). The van der Waals surface area contributed by atoms with E-state index in [9.17, 15) is 9.90 Å². The summed E-state index contributed by atoms with van der Waals surface area (Å²) in [6.07, 6.45) is 5.11. The molecule has 0 spiro atoms. The van der Waals surface area contributed by atoms with Gasteiger partial charge in [0.25, 0.3) is 0 Å². The van der Waals surface area contributed by atoms with E-state index in [1.807, 2.05) is 0 Å². The Morgan fingerprint density at radius 2 is 1.82 bits per heavy atom. The van der Waals surface area contributed by atoms with Crippen LogP contribution in [0.15, 0.2) is 36.4 Å². The SMILES string of the molecule is CCc1ccc(CCC2C(=O)C=CC2O)cc1. The summed E-state index contributed by atoms with van der Waals surface area (Å²) in [4.78, 5) is 11.5. The highest BCUT2D eigenvalue weighted by Gasteiger charge is 2.27. The molecule has 0 fully saturated rings. The molecular formula is C15H18O2. The zero-order valence-electron chi connectivity index (χ0n) is 10.1. The van der Waals surface area contributed by atoms with Gasteiger partial charge in [0.05, 0.1) is 12.0 Å². The Morgan fingerprint density at radius 3 is 2.35 bits per heavy atom. The average Bonchev–Trinajstić information content (AvgIpc) is 2.67. The van der Waals surface area contributed by atoms with Crippen molar-refractivity contribution in [3.05, 3.63) is 47.5 Å². The molecule has 90 valence electrons. The van der Waals surface area contributed by atoms with E-state index in [0.717, 1.165) is 19.3 Å². The highest BCUT2D eigenvalue weighted by Crippen LogP contribution is 2.21. The third kappa shape index (κ3) is 2.83. The minimum atomic E-state index is -0.586. The van der Waals surface area contributed by atoms with Gasteiger partial charge in [-0.25, -0.2) is 0 Å². The van der Waals surface area contributed by atoms with Gasteiger partial charge in [0, 0.05) is 0 Å². The van der Waals surface area contributed by atoms with E-state index in [4.69, 9.17) is 0 Å². The number of hydrogen-bond acceptors (Lipinski definition) is 2. The molecular weight excluding hydrogens is 212 g/mol. The third-order valence-corrected chi connectivity index (χ3v) is 3.41. The first kappa shape index (κ1) is 12.1. The zero-order valence-corrected chi connectivity index (χ0v) is 10.1. The van der Waals surface area contributed by atoms with Gasteiger partial charge >= 0.3 is 0 Å². The van der Waals surface area contributed by atoms with Gasteiger partial charge in [-0.15, -0.1) is 0 Å². The van der Waals surface area contributed by atoms with E-state index in [0.29, 0.717) is 0 Å². The number of carbonyl (C=O) groups is 1. The van der Waals surface area contributed by atoms with Crippen LogP contribution >= 0.6 is 0 Å². The van der Waals surface area contributed by atoms with Crippen LogP contribution < -0.4 is 0 Å². The fourth-order valence-corrected chi connectivity index (χ4v) is 2.20. The van der Waals surface area contributed by atoms with Gasteiger partial charge < -0.3 is 5.11 Å². The van der Waals surface area contributed by atoms with E-state index in [-0.39, 0.29) is 11.7 Å². The summed E-state index contributed by atoms with van der Waals surface area (Å²) in [7, 11) is 0. The number of benzene rings is 1. The molecule has 17 heavy (non-hydrogen) atoms. The van der Waals surface area contributed by atoms with Crippen LogP contribution in [0.5, 0.6) is 0 Å². The number of carbonyl (C=O) groups excluding carboxylic acids is 1. The molecule has 1 aliphatic carbocycles. The Bertz CT molecular complexity index is 417. The van der Waals surface area contributed by atoms with Gasteiger partial charge in [-0.1, -0.05) is 37.3 Å². The Hall–Kier alpha value is -1.41. The van der Waals surface area contributed by atoms with Crippen LogP contribution in [0.4, 0.5) is 0 Å². The summed E-state index contributed by atoms with van der Waals surface area (Å²) < 4.78 is 0. The predicted octanol–water partition coefficient (Wildman–Crippen LogP) is 2.30. The van der Waals surface area contributed by atoms with Crippen molar-refractivity contribution in [3.63, 3.8) is 0 Å². The smallest absolute Gasteiger partial charge is 0.161 e. The number of aryl methyl sites for hydroxylation is 2. The molecule has 0 aliphatic heterocycles. The lowest BCUT2D eigenvalue weighted by Gasteiger charge is -2.12. The van der Waals surface area contributed by atoms with Crippen LogP contribution in [0.2, 0.25) is 0 Å². The maximum atomic E-state index is 11.5. The summed E-state index contributed by atoms with van der Waals surface area (Å²) in [5.74, 6) is -0.177. The lowest BCUT2D eigenvalue weighted by atomic mass is 9.94. The molecule has 0 saturated carbocycles. The second-order valence-corrected chi connectivity index (χ2v) is 4.57. The minimum absolute atomic E-state index is 0.0580. The highest BCUT2D eigenvalue weighted by atomic mass is 16.3. The zero-order chi connectivity index (χ0) is 12.3. The van der Waals surface area contributed by atoms with Crippen molar-refractivity contribution in [1.82, 2.24) is 0 Å². The standard InChI is InChI=1S/C15H18O2/c1-2-11-3-5-12(6-4-11)7-8-13-14(16)9-10-15(13)17/h3-6,9-10,13-14,16H,2,7-8H2,1H3. The predicted molar refractivity (Wildman–Crippen MR) is 67.8 cm³/mol. The molecule has 1 aromatic rings. The van der Waals surface area contributed by atoms with Crippen LogP contribution in [0, 0.1) is 5.92 Å². The monoisotopic (exact) mass is 230 g/mol. The largest absolute Gasteiger partial charge is 0.388 e. The van der Waals surface area contributed by atoms with Gasteiger partial charge in [-0.05, 0) is 36.5 Å². The normalized spacial score (nSPS) is 23.3. The van der Waals surface area contributed by atoms with Crippen LogP contribution in [0.25, 0.3) is 0 Å². The van der Waals surface area contributed by atoms with Crippen molar-refractivity contribution in [3.8, 4) is 0 Å². The Labute approximate surface area is 102 Å². The first-order chi connectivity index (χ1) is 8.20. The van der Waals surface area contributed by atoms with Crippen molar-refractivity contribution in [2.24, 2.45) is 5.92 Å². The van der Waals surface area contributed by atoms with E-state index in [1.165, 1.54) is 17.2 Å². The van der Waals surface area contributed by atoms with Crippen molar-refractivity contribution in [1.29, 1.82) is 0 Å². The maximum Gasteiger partial charge on any atom is 0.161 e. The van der Waals surface area contributed by atoms with Gasteiger partial charge in [0.2, 0.25) is 0 Å².